The number of thiol groups is 1. The molecule has 3 rings (SSSR count). The first-order chi connectivity index (χ1) is 9.22. The van der Waals surface area contributed by atoms with Gasteiger partial charge in [0.15, 0.2) is 0 Å². The molecule has 1 unspecified atom stereocenters. The van der Waals surface area contributed by atoms with E-state index in [0.717, 1.165) is 29.7 Å². The zero-order chi connectivity index (χ0) is 13.2. The van der Waals surface area contributed by atoms with E-state index >= 15 is 0 Å². The molecule has 0 spiro atoms. The molecule has 1 amide bonds. The fourth-order valence-electron chi connectivity index (χ4n) is 2.33. The number of hydrogen-bond acceptors (Lipinski definition) is 4. The third-order valence-corrected chi connectivity index (χ3v) is 3.68. The molecule has 5 heteroatoms. The van der Waals surface area contributed by atoms with Gasteiger partial charge in [-0.15, -0.1) is 0 Å². The van der Waals surface area contributed by atoms with Gasteiger partial charge in [-0.25, -0.2) is 4.98 Å². The van der Waals surface area contributed by atoms with E-state index in [1.807, 2.05) is 29.2 Å². The van der Waals surface area contributed by atoms with Crippen molar-refractivity contribution in [3.05, 3.63) is 36.2 Å². The van der Waals surface area contributed by atoms with Crippen molar-refractivity contribution in [2.75, 3.05) is 13.1 Å². The maximum absolute atomic E-state index is 11.7. The predicted molar refractivity (Wildman–Crippen MR) is 77.2 cm³/mol. The van der Waals surface area contributed by atoms with Crippen molar-refractivity contribution in [1.82, 2.24) is 14.9 Å². The lowest BCUT2D eigenvalue weighted by molar-refractivity contribution is -0.127. The molecule has 1 aromatic heterocycles. The summed E-state index contributed by atoms with van der Waals surface area (Å²) in [4.78, 5) is 22.5. The molecule has 1 fully saturated rings. The summed E-state index contributed by atoms with van der Waals surface area (Å²) in [7, 11) is 0. The van der Waals surface area contributed by atoms with Gasteiger partial charge >= 0.3 is 0 Å². The summed E-state index contributed by atoms with van der Waals surface area (Å²) in [5.41, 5.74) is 2.73. The summed E-state index contributed by atoms with van der Waals surface area (Å²) in [6.07, 6.45) is 3.08. The molecule has 2 heterocycles. The largest absolute Gasteiger partial charge is 0.341 e. The third kappa shape index (κ3) is 2.71. The number of likely N-dealkylation sites (tertiary alicyclic amines) is 1. The van der Waals surface area contributed by atoms with Gasteiger partial charge in [0.1, 0.15) is 0 Å². The molecule has 1 atom stereocenters. The number of carbonyl (C=O) groups excluding carboxylic acids is 1. The molecule has 19 heavy (non-hydrogen) atoms. The van der Waals surface area contributed by atoms with Crippen LogP contribution in [0.25, 0.3) is 11.0 Å². The smallest absolute Gasteiger partial charge is 0.223 e. The average Bonchev–Trinajstić information content (AvgIpc) is 2.74. The number of rotatable bonds is 3. The van der Waals surface area contributed by atoms with Gasteiger partial charge in [-0.1, -0.05) is 12.1 Å². The maximum atomic E-state index is 11.7. The summed E-state index contributed by atoms with van der Waals surface area (Å²) in [5, 5.41) is 0.176. The molecule has 4 nitrogen and oxygen atoms in total. The van der Waals surface area contributed by atoms with E-state index < -0.39 is 0 Å². The number of nitrogens with zero attached hydrogens (tertiary/aromatic N) is 3. The summed E-state index contributed by atoms with van der Waals surface area (Å²) < 4.78 is 0. The minimum atomic E-state index is 0.176. The SMILES string of the molecule is O=C1CC(S)CN1CCc1cnc2ccccc2n1. The van der Waals surface area contributed by atoms with Crippen LogP contribution < -0.4 is 0 Å². The van der Waals surface area contributed by atoms with Crippen LogP contribution in [0, 0.1) is 0 Å². The molecular weight excluding hydrogens is 258 g/mol. The van der Waals surface area contributed by atoms with E-state index in [0.29, 0.717) is 13.0 Å². The number of carbonyl (C=O) groups is 1. The van der Waals surface area contributed by atoms with Crippen LogP contribution in [-0.2, 0) is 11.2 Å². The molecule has 0 N–H and O–H groups in total. The van der Waals surface area contributed by atoms with Crippen molar-refractivity contribution in [3.63, 3.8) is 0 Å². The van der Waals surface area contributed by atoms with E-state index in [1.54, 1.807) is 6.20 Å². The Morgan fingerprint density at radius 2 is 2.11 bits per heavy atom. The molecule has 1 aliphatic rings. The number of benzene rings is 1. The van der Waals surface area contributed by atoms with Gasteiger partial charge < -0.3 is 4.90 Å². The monoisotopic (exact) mass is 273 g/mol. The zero-order valence-electron chi connectivity index (χ0n) is 10.5. The summed E-state index contributed by atoms with van der Waals surface area (Å²) in [5.74, 6) is 0.189. The first-order valence-electron chi connectivity index (χ1n) is 6.39. The normalized spacial score (nSPS) is 19.3. The molecule has 0 aliphatic carbocycles. The fraction of sp³-hybridized carbons (Fsp3) is 0.357. The molecule has 98 valence electrons. The Morgan fingerprint density at radius 1 is 1.32 bits per heavy atom. The Bertz CT molecular complexity index is 616. The van der Waals surface area contributed by atoms with Crippen LogP contribution >= 0.6 is 12.6 Å². The van der Waals surface area contributed by atoms with Crippen molar-refractivity contribution in [2.45, 2.75) is 18.1 Å². The fourth-order valence-corrected chi connectivity index (χ4v) is 2.69. The van der Waals surface area contributed by atoms with Gasteiger partial charge in [0, 0.05) is 37.4 Å². The first kappa shape index (κ1) is 12.4. The molecule has 0 bridgehead atoms. The highest BCUT2D eigenvalue weighted by molar-refractivity contribution is 7.81. The molecular formula is C14H15N3OS. The van der Waals surface area contributed by atoms with Crippen LogP contribution in [-0.4, -0.2) is 39.1 Å². The van der Waals surface area contributed by atoms with Gasteiger partial charge in [0.05, 0.1) is 16.7 Å². The number of aromatic nitrogens is 2. The number of hydrogen-bond donors (Lipinski definition) is 1. The topological polar surface area (TPSA) is 46.1 Å². The Balaban J connectivity index is 1.70. The number of amides is 1. The van der Waals surface area contributed by atoms with E-state index in [2.05, 4.69) is 22.6 Å². The summed E-state index contributed by atoms with van der Waals surface area (Å²) >= 11 is 4.35. The zero-order valence-corrected chi connectivity index (χ0v) is 11.4. The van der Waals surface area contributed by atoms with Crippen molar-refractivity contribution in [2.24, 2.45) is 0 Å². The van der Waals surface area contributed by atoms with E-state index in [4.69, 9.17) is 0 Å². The Kier molecular flexibility index (Phi) is 3.38. The standard InChI is InChI=1S/C14H15N3OS/c18-14-7-11(19)9-17(14)6-5-10-8-15-12-3-1-2-4-13(12)16-10/h1-4,8,11,19H,5-7,9H2. The third-order valence-electron chi connectivity index (χ3n) is 3.33. The van der Waals surface area contributed by atoms with Crippen LogP contribution in [0.5, 0.6) is 0 Å². The number of fused-ring (bicyclic) bond motifs is 1. The van der Waals surface area contributed by atoms with Gasteiger partial charge in [0.2, 0.25) is 5.91 Å². The minimum Gasteiger partial charge on any atom is -0.341 e. The highest BCUT2D eigenvalue weighted by Gasteiger charge is 2.26. The van der Waals surface area contributed by atoms with E-state index in [-0.39, 0.29) is 11.2 Å². The minimum absolute atomic E-state index is 0.176. The lowest BCUT2D eigenvalue weighted by Crippen LogP contribution is -2.27. The number of para-hydroxylation sites is 2. The van der Waals surface area contributed by atoms with Gasteiger partial charge in [0.25, 0.3) is 0 Å². The van der Waals surface area contributed by atoms with Gasteiger partial charge in [-0.05, 0) is 12.1 Å². The molecule has 1 aliphatic heterocycles. The highest BCUT2D eigenvalue weighted by atomic mass is 32.1. The van der Waals surface area contributed by atoms with Gasteiger partial charge in [-0.2, -0.15) is 12.6 Å². The predicted octanol–water partition coefficient (Wildman–Crippen LogP) is 1.70. The van der Waals surface area contributed by atoms with Crippen molar-refractivity contribution < 1.29 is 4.79 Å². The molecule has 1 aromatic carbocycles. The molecule has 2 aromatic rings. The van der Waals surface area contributed by atoms with Crippen LogP contribution in [0.4, 0.5) is 0 Å². The Morgan fingerprint density at radius 3 is 2.84 bits per heavy atom. The van der Waals surface area contributed by atoms with Crippen molar-refractivity contribution in [3.8, 4) is 0 Å². The van der Waals surface area contributed by atoms with Crippen LogP contribution in [0.1, 0.15) is 12.1 Å². The lowest BCUT2D eigenvalue weighted by Gasteiger charge is -2.15. The quantitative estimate of drug-likeness (QED) is 0.866. The molecule has 0 saturated carbocycles. The Labute approximate surface area is 117 Å². The van der Waals surface area contributed by atoms with Crippen molar-refractivity contribution >= 4 is 29.6 Å². The molecule has 0 radical (unpaired) electrons. The van der Waals surface area contributed by atoms with E-state index in [1.165, 1.54) is 0 Å². The summed E-state index contributed by atoms with van der Waals surface area (Å²) in [6.45, 7) is 1.44. The van der Waals surface area contributed by atoms with Crippen LogP contribution in [0.3, 0.4) is 0 Å². The average molecular weight is 273 g/mol. The second-order valence-corrected chi connectivity index (χ2v) is 5.53. The first-order valence-corrected chi connectivity index (χ1v) is 6.90. The maximum Gasteiger partial charge on any atom is 0.223 e. The lowest BCUT2D eigenvalue weighted by atomic mass is 10.2. The van der Waals surface area contributed by atoms with Crippen molar-refractivity contribution in [1.29, 1.82) is 0 Å². The highest BCUT2D eigenvalue weighted by Crippen LogP contribution is 2.16. The van der Waals surface area contributed by atoms with E-state index in [9.17, 15) is 4.79 Å². The van der Waals surface area contributed by atoms with Crippen LogP contribution in [0.15, 0.2) is 30.5 Å². The Hall–Kier alpha value is -1.62. The molecule has 1 saturated heterocycles. The second kappa shape index (κ2) is 5.17. The second-order valence-electron chi connectivity index (χ2n) is 4.80. The van der Waals surface area contributed by atoms with Crippen LogP contribution in [0.2, 0.25) is 0 Å². The summed E-state index contributed by atoms with van der Waals surface area (Å²) in [6, 6.07) is 7.81. The van der Waals surface area contributed by atoms with Gasteiger partial charge in [-0.3, -0.25) is 9.78 Å².